The van der Waals surface area contributed by atoms with E-state index in [4.69, 9.17) is 11.2 Å². The molecule has 1 aromatic carbocycles. The molecule has 0 atom stereocenters. The van der Waals surface area contributed by atoms with Gasteiger partial charge in [0.1, 0.15) is 5.60 Å². The molecule has 2 N–H and O–H groups in total. The molecule has 0 spiro atoms. The Morgan fingerprint density at radius 1 is 1.19 bits per heavy atom. The lowest BCUT2D eigenvalue weighted by molar-refractivity contribution is 0.0635. The van der Waals surface area contributed by atoms with Crippen LogP contribution in [0.1, 0.15) is 48.6 Å². The van der Waals surface area contributed by atoms with E-state index in [1.165, 1.54) is 5.56 Å². The normalized spacial score (nSPS) is 15.4. The zero-order valence-corrected chi connectivity index (χ0v) is 16.9. The van der Waals surface area contributed by atoms with Gasteiger partial charge in [-0.15, -0.1) is 6.42 Å². The quantitative estimate of drug-likeness (QED) is 0.815. The Kier molecular flexibility index (Phi) is 6.33. The predicted octanol–water partition coefficient (Wildman–Crippen LogP) is 3.35. The van der Waals surface area contributed by atoms with E-state index in [0.29, 0.717) is 0 Å². The Morgan fingerprint density at radius 3 is 2.35 bits per heavy atom. The zero-order valence-electron chi connectivity index (χ0n) is 16.9. The van der Waals surface area contributed by atoms with E-state index >= 15 is 0 Å². The van der Waals surface area contributed by atoms with Crippen LogP contribution >= 0.6 is 0 Å². The van der Waals surface area contributed by atoms with Gasteiger partial charge in [0.15, 0.2) is 0 Å². The summed E-state index contributed by atoms with van der Waals surface area (Å²) in [5.74, 6) is 2.81. The van der Waals surface area contributed by atoms with Gasteiger partial charge in [-0.2, -0.15) is 0 Å². The number of nitrogens with zero attached hydrogens (tertiary/aromatic N) is 1. The second-order valence-corrected chi connectivity index (χ2v) is 7.90. The lowest BCUT2D eigenvalue weighted by Crippen LogP contribution is -2.43. The Bertz CT molecular complexity index is 720. The van der Waals surface area contributed by atoms with Gasteiger partial charge in [0.25, 0.3) is 0 Å². The molecule has 1 heterocycles. The third-order valence-electron chi connectivity index (χ3n) is 4.77. The van der Waals surface area contributed by atoms with Crippen LogP contribution in [-0.4, -0.2) is 42.8 Å². The van der Waals surface area contributed by atoms with Crippen molar-refractivity contribution >= 4 is 11.8 Å². The molecule has 0 aliphatic carbocycles. The molecule has 1 amide bonds. The third-order valence-corrected chi connectivity index (χ3v) is 4.77. The van der Waals surface area contributed by atoms with Crippen molar-refractivity contribution in [2.75, 3.05) is 31.5 Å². The molecule has 1 aromatic rings. The summed E-state index contributed by atoms with van der Waals surface area (Å²) >= 11 is 0. The highest BCUT2D eigenvalue weighted by Crippen LogP contribution is 2.32. The first-order chi connectivity index (χ1) is 12.1. The van der Waals surface area contributed by atoms with Crippen molar-refractivity contribution < 1.29 is 9.53 Å². The summed E-state index contributed by atoms with van der Waals surface area (Å²) in [5.41, 5.74) is 5.36. The van der Waals surface area contributed by atoms with Gasteiger partial charge in [0, 0.05) is 38.3 Å². The number of nitrogens with one attached hydrogen (secondary N) is 2. The molecule has 1 aliphatic rings. The Balaban J connectivity index is 2.39. The molecule has 1 saturated heterocycles. The summed E-state index contributed by atoms with van der Waals surface area (Å²) in [5, 5.41) is 6.30. The minimum atomic E-state index is -0.546. The maximum absolute atomic E-state index is 12.3. The summed E-state index contributed by atoms with van der Waals surface area (Å²) < 4.78 is 5.42. The number of terminal acetylenes is 1. The maximum Gasteiger partial charge on any atom is 0.412 e. The van der Waals surface area contributed by atoms with E-state index in [2.05, 4.69) is 28.4 Å². The smallest absolute Gasteiger partial charge is 0.412 e. The summed E-state index contributed by atoms with van der Waals surface area (Å²) in [6.45, 7) is 16.5. The molecule has 0 aromatic heterocycles. The van der Waals surface area contributed by atoms with Crippen molar-refractivity contribution in [3.05, 3.63) is 27.8 Å². The van der Waals surface area contributed by atoms with E-state index in [0.717, 1.165) is 60.7 Å². The number of amides is 1. The van der Waals surface area contributed by atoms with E-state index in [1.807, 2.05) is 34.6 Å². The van der Waals surface area contributed by atoms with Crippen molar-refractivity contribution in [2.24, 2.45) is 0 Å². The number of carbonyl (C=O) groups is 1. The monoisotopic (exact) mass is 357 g/mol. The average Bonchev–Trinajstić information content (AvgIpc) is 2.55. The summed E-state index contributed by atoms with van der Waals surface area (Å²) in [6.07, 6.45) is 5.33. The van der Waals surface area contributed by atoms with Crippen LogP contribution in [0.3, 0.4) is 0 Å². The van der Waals surface area contributed by atoms with Gasteiger partial charge in [-0.25, -0.2) is 4.79 Å². The minimum Gasteiger partial charge on any atom is -0.444 e. The number of ether oxygens (including phenoxy) is 1. The SMILES string of the molecule is C#Cc1c(C)c(CN2CCNCC2)c(C)c(NC(=O)OC(C)(C)C)c1C. The van der Waals surface area contributed by atoms with Gasteiger partial charge >= 0.3 is 6.09 Å². The molecule has 1 fully saturated rings. The molecule has 5 nitrogen and oxygen atoms in total. The number of hydrogen-bond acceptors (Lipinski definition) is 4. The van der Waals surface area contributed by atoms with Crippen molar-refractivity contribution in [1.82, 2.24) is 10.2 Å². The minimum absolute atomic E-state index is 0.455. The van der Waals surface area contributed by atoms with E-state index in [1.54, 1.807) is 0 Å². The van der Waals surface area contributed by atoms with Crippen LogP contribution in [0, 0.1) is 33.1 Å². The molecule has 0 saturated carbocycles. The largest absolute Gasteiger partial charge is 0.444 e. The van der Waals surface area contributed by atoms with Gasteiger partial charge in [-0.1, -0.05) is 5.92 Å². The Morgan fingerprint density at radius 2 is 1.81 bits per heavy atom. The van der Waals surface area contributed by atoms with Crippen molar-refractivity contribution in [3.8, 4) is 12.3 Å². The number of rotatable bonds is 3. The molecule has 5 heteroatoms. The first-order valence-electron chi connectivity index (χ1n) is 9.16. The summed E-state index contributed by atoms with van der Waals surface area (Å²) in [6, 6.07) is 0. The van der Waals surface area contributed by atoms with Gasteiger partial charge in [-0.05, 0) is 63.8 Å². The average molecular weight is 357 g/mol. The topological polar surface area (TPSA) is 53.6 Å². The molecule has 1 aliphatic heterocycles. The molecular formula is C21H31N3O2. The number of hydrogen-bond donors (Lipinski definition) is 2. The standard InChI is InChI=1S/C21H31N3O2/c1-8-17-14(2)18(13-24-11-9-22-10-12-24)16(4)19(15(17)3)23-20(25)26-21(5,6)7/h1,22H,9-13H2,2-7H3,(H,23,25). The molecule has 0 radical (unpaired) electrons. The highest BCUT2D eigenvalue weighted by molar-refractivity contribution is 5.88. The van der Waals surface area contributed by atoms with E-state index in [-0.39, 0.29) is 0 Å². The van der Waals surface area contributed by atoms with E-state index < -0.39 is 11.7 Å². The molecule has 0 bridgehead atoms. The van der Waals surface area contributed by atoms with Crippen LogP contribution in [0.15, 0.2) is 0 Å². The van der Waals surface area contributed by atoms with Crippen LogP contribution < -0.4 is 10.6 Å². The number of carbonyl (C=O) groups excluding carboxylic acids is 1. The number of piperazine rings is 1. The fourth-order valence-electron chi connectivity index (χ4n) is 3.41. The first-order valence-corrected chi connectivity index (χ1v) is 9.16. The van der Waals surface area contributed by atoms with Crippen LogP contribution in [0.2, 0.25) is 0 Å². The van der Waals surface area contributed by atoms with Crippen LogP contribution in [-0.2, 0) is 11.3 Å². The number of anilines is 1. The molecule has 142 valence electrons. The molecule has 26 heavy (non-hydrogen) atoms. The van der Waals surface area contributed by atoms with Crippen molar-refractivity contribution in [2.45, 2.75) is 53.7 Å². The van der Waals surface area contributed by atoms with Crippen LogP contribution in [0.4, 0.5) is 10.5 Å². The van der Waals surface area contributed by atoms with Crippen LogP contribution in [0.25, 0.3) is 0 Å². The van der Waals surface area contributed by atoms with Crippen molar-refractivity contribution in [1.29, 1.82) is 0 Å². The van der Waals surface area contributed by atoms with Crippen LogP contribution in [0.5, 0.6) is 0 Å². The summed E-state index contributed by atoms with van der Waals surface area (Å²) in [4.78, 5) is 14.7. The van der Waals surface area contributed by atoms with Crippen molar-refractivity contribution in [3.63, 3.8) is 0 Å². The summed E-state index contributed by atoms with van der Waals surface area (Å²) in [7, 11) is 0. The number of benzene rings is 1. The second kappa shape index (κ2) is 8.11. The lowest BCUT2D eigenvalue weighted by Gasteiger charge is -2.30. The first kappa shape index (κ1) is 20.3. The Hall–Kier alpha value is -2.03. The predicted molar refractivity (Wildman–Crippen MR) is 107 cm³/mol. The molecule has 2 rings (SSSR count). The highest BCUT2D eigenvalue weighted by atomic mass is 16.6. The van der Waals surface area contributed by atoms with Gasteiger partial charge in [0.2, 0.25) is 0 Å². The second-order valence-electron chi connectivity index (χ2n) is 7.90. The van der Waals surface area contributed by atoms with Gasteiger partial charge in [-0.3, -0.25) is 10.2 Å². The maximum atomic E-state index is 12.3. The highest BCUT2D eigenvalue weighted by Gasteiger charge is 2.22. The molecule has 0 unspecified atom stereocenters. The lowest BCUT2D eigenvalue weighted by atomic mass is 9.91. The van der Waals surface area contributed by atoms with E-state index in [9.17, 15) is 4.79 Å². The molecular weight excluding hydrogens is 326 g/mol. The Labute approximate surface area is 157 Å². The third kappa shape index (κ3) is 4.78. The van der Waals surface area contributed by atoms with Gasteiger partial charge in [0.05, 0.1) is 5.69 Å². The zero-order chi connectivity index (χ0) is 19.5. The van der Waals surface area contributed by atoms with Gasteiger partial charge < -0.3 is 10.1 Å². The fraction of sp³-hybridized carbons (Fsp3) is 0.571. The fourth-order valence-corrected chi connectivity index (χ4v) is 3.41.